The fraction of sp³-hybridized carbons (Fsp3) is 0.615. The SMILES string of the molecule is Cc1ccc(C(=O)COCC2CCCCO2)s1. The predicted octanol–water partition coefficient (Wildman–Crippen LogP) is 2.82. The molecule has 17 heavy (non-hydrogen) atoms. The molecule has 1 aliphatic heterocycles. The summed E-state index contributed by atoms with van der Waals surface area (Å²) < 4.78 is 11.0. The zero-order valence-corrected chi connectivity index (χ0v) is 10.9. The lowest BCUT2D eigenvalue weighted by atomic mass is 10.1. The van der Waals surface area contributed by atoms with Crippen LogP contribution in [0.4, 0.5) is 0 Å². The monoisotopic (exact) mass is 254 g/mol. The Hall–Kier alpha value is -0.710. The first-order valence-corrected chi connectivity index (χ1v) is 6.86. The molecule has 0 N–H and O–H groups in total. The standard InChI is InChI=1S/C13H18O3S/c1-10-5-6-13(17-10)12(14)9-15-8-11-4-2-3-7-16-11/h5-6,11H,2-4,7-9H2,1H3. The van der Waals surface area contributed by atoms with Crippen LogP contribution in [-0.4, -0.2) is 31.7 Å². The van der Waals surface area contributed by atoms with Crippen LogP contribution < -0.4 is 0 Å². The van der Waals surface area contributed by atoms with E-state index in [2.05, 4.69) is 0 Å². The molecule has 2 heterocycles. The Bertz CT molecular complexity index is 366. The minimum atomic E-state index is 0.0684. The summed E-state index contributed by atoms with van der Waals surface area (Å²) in [5, 5.41) is 0. The quantitative estimate of drug-likeness (QED) is 0.758. The van der Waals surface area contributed by atoms with E-state index in [1.807, 2.05) is 19.1 Å². The van der Waals surface area contributed by atoms with Gasteiger partial charge in [-0.25, -0.2) is 0 Å². The van der Waals surface area contributed by atoms with E-state index in [4.69, 9.17) is 9.47 Å². The molecule has 1 saturated heterocycles. The molecule has 94 valence electrons. The summed E-state index contributed by atoms with van der Waals surface area (Å²) in [6, 6.07) is 3.82. The molecule has 3 nitrogen and oxygen atoms in total. The van der Waals surface area contributed by atoms with Crippen molar-refractivity contribution < 1.29 is 14.3 Å². The van der Waals surface area contributed by atoms with Crippen molar-refractivity contribution in [2.24, 2.45) is 0 Å². The molecule has 0 spiro atoms. The lowest BCUT2D eigenvalue weighted by Gasteiger charge is -2.22. The zero-order chi connectivity index (χ0) is 12.1. The molecule has 1 aromatic heterocycles. The van der Waals surface area contributed by atoms with Gasteiger partial charge in [0, 0.05) is 11.5 Å². The van der Waals surface area contributed by atoms with E-state index in [-0.39, 0.29) is 18.5 Å². The fourth-order valence-corrected chi connectivity index (χ4v) is 2.67. The van der Waals surface area contributed by atoms with Crippen LogP contribution in [0.1, 0.15) is 33.8 Å². The molecular weight excluding hydrogens is 236 g/mol. The largest absolute Gasteiger partial charge is 0.376 e. The Morgan fingerprint density at radius 1 is 1.53 bits per heavy atom. The van der Waals surface area contributed by atoms with Gasteiger partial charge >= 0.3 is 0 Å². The summed E-state index contributed by atoms with van der Waals surface area (Å²) in [6.45, 7) is 3.53. The number of aryl methyl sites for hydroxylation is 1. The first-order chi connectivity index (χ1) is 8.25. The predicted molar refractivity (Wildman–Crippen MR) is 67.8 cm³/mol. The van der Waals surface area contributed by atoms with Gasteiger partial charge in [-0.1, -0.05) is 0 Å². The van der Waals surface area contributed by atoms with E-state index in [0.29, 0.717) is 6.61 Å². The van der Waals surface area contributed by atoms with E-state index >= 15 is 0 Å². The number of ether oxygens (including phenoxy) is 2. The van der Waals surface area contributed by atoms with Crippen molar-refractivity contribution in [3.63, 3.8) is 0 Å². The molecule has 2 rings (SSSR count). The van der Waals surface area contributed by atoms with Gasteiger partial charge in [-0.3, -0.25) is 4.79 Å². The molecule has 1 unspecified atom stereocenters. The highest BCUT2D eigenvalue weighted by Crippen LogP contribution is 2.16. The molecule has 0 bridgehead atoms. The van der Waals surface area contributed by atoms with E-state index in [1.165, 1.54) is 17.8 Å². The maximum Gasteiger partial charge on any atom is 0.198 e. The van der Waals surface area contributed by atoms with Crippen LogP contribution in [0.25, 0.3) is 0 Å². The van der Waals surface area contributed by atoms with Crippen molar-refractivity contribution in [1.82, 2.24) is 0 Å². The topological polar surface area (TPSA) is 35.5 Å². The number of hydrogen-bond donors (Lipinski definition) is 0. The molecular formula is C13H18O3S. The summed E-state index contributed by atoms with van der Waals surface area (Å²) in [7, 11) is 0. The van der Waals surface area contributed by atoms with Gasteiger partial charge in [-0.2, -0.15) is 0 Å². The summed E-state index contributed by atoms with van der Waals surface area (Å²) in [5.74, 6) is 0.0684. The van der Waals surface area contributed by atoms with Gasteiger partial charge in [-0.15, -0.1) is 11.3 Å². The highest BCUT2D eigenvalue weighted by atomic mass is 32.1. The van der Waals surface area contributed by atoms with Crippen molar-refractivity contribution in [2.45, 2.75) is 32.3 Å². The molecule has 0 amide bonds. The lowest BCUT2D eigenvalue weighted by Crippen LogP contribution is -2.25. The molecule has 0 saturated carbocycles. The van der Waals surface area contributed by atoms with E-state index in [0.717, 1.165) is 29.2 Å². The van der Waals surface area contributed by atoms with E-state index in [1.54, 1.807) is 0 Å². The maximum absolute atomic E-state index is 11.7. The number of thiophene rings is 1. The number of carbonyl (C=O) groups excluding carboxylic acids is 1. The summed E-state index contributed by atoms with van der Waals surface area (Å²) in [6.07, 6.45) is 3.57. The Kier molecular flexibility index (Phi) is 4.71. The van der Waals surface area contributed by atoms with Crippen LogP contribution in [0.3, 0.4) is 0 Å². The number of carbonyl (C=O) groups is 1. The smallest absolute Gasteiger partial charge is 0.198 e. The molecule has 0 aliphatic carbocycles. The second kappa shape index (κ2) is 6.28. The third-order valence-corrected chi connectivity index (χ3v) is 3.87. The Labute approximate surface area is 106 Å². The molecule has 1 atom stereocenters. The minimum absolute atomic E-state index is 0.0684. The lowest BCUT2D eigenvalue weighted by molar-refractivity contribution is -0.0370. The highest BCUT2D eigenvalue weighted by molar-refractivity contribution is 7.14. The normalized spacial score (nSPS) is 20.4. The molecule has 0 radical (unpaired) electrons. The van der Waals surface area contributed by atoms with Gasteiger partial charge in [0.25, 0.3) is 0 Å². The second-order valence-corrected chi connectivity index (χ2v) is 5.63. The van der Waals surface area contributed by atoms with Gasteiger partial charge in [0.1, 0.15) is 6.61 Å². The molecule has 0 aromatic carbocycles. The first-order valence-electron chi connectivity index (χ1n) is 6.04. The van der Waals surface area contributed by atoms with Crippen molar-refractivity contribution >= 4 is 17.1 Å². The van der Waals surface area contributed by atoms with Crippen LogP contribution in [0.2, 0.25) is 0 Å². The average Bonchev–Trinajstić information content (AvgIpc) is 2.77. The third kappa shape index (κ3) is 3.91. The van der Waals surface area contributed by atoms with Gasteiger partial charge in [0.15, 0.2) is 5.78 Å². The van der Waals surface area contributed by atoms with Gasteiger partial charge < -0.3 is 9.47 Å². The number of Topliss-reactive ketones (excluding diaryl/α,β-unsaturated/α-hetero) is 1. The van der Waals surface area contributed by atoms with Crippen molar-refractivity contribution in [3.05, 3.63) is 21.9 Å². The van der Waals surface area contributed by atoms with Gasteiger partial charge in [0.2, 0.25) is 0 Å². The van der Waals surface area contributed by atoms with Crippen LogP contribution in [0, 0.1) is 6.92 Å². The maximum atomic E-state index is 11.7. The van der Waals surface area contributed by atoms with Crippen molar-refractivity contribution in [3.8, 4) is 0 Å². The Morgan fingerprint density at radius 2 is 2.41 bits per heavy atom. The van der Waals surface area contributed by atoms with Crippen LogP contribution in [0.5, 0.6) is 0 Å². The van der Waals surface area contributed by atoms with Crippen LogP contribution >= 0.6 is 11.3 Å². The summed E-state index contributed by atoms with van der Waals surface area (Å²) >= 11 is 1.52. The average molecular weight is 254 g/mol. The number of hydrogen-bond acceptors (Lipinski definition) is 4. The number of ketones is 1. The third-order valence-electron chi connectivity index (χ3n) is 2.83. The Morgan fingerprint density at radius 3 is 3.06 bits per heavy atom. The fourth-order valence-electron chi connectivity index (χ4n) is 1.88. The molecule has 1 fully saturated rings. The molecule has 1 aromatic rings. The van der Waals surface area contributed by atoms with Gasteiger partial charge in [0.05, 0.1) is 17.6 Å². The second-order valence-electron chi connectivity index (χ2n) is 4.34. The van der Waals surface area contributed by atoms with E-state index in [9.17, 15) is 4.79 Å². The van der Waals surface area contributed by atoms with Crippen molar-refractivity contribution in [2.75, 3.05) is 19.8 Å². The molecule has 1 aliphatic rings. The van der Waals surface area contributed by atoms with E-state index < -0.39 is 0 Å². The number of rotatable bonds is 5. The molecule has 4 heteroatoms. The van der Waals surface area contributed by atoms with Crippen LogP contribution in [-0.2, 0) is 9.47 Å². The van der Waals surface area contributed by atoms with Crippen LogP contribution in [0.15, 0.2) is 12.1 Å². The Balaban J connectivity index is 1.69. The van der Waals surface area contributed by atoms with Gasteiger partial charge in [-0.05, 0) is 38.3 Å². The minimum Gasteiger partial charge on any atom is -0.376 e. The van der Waals surface area contributed by atoms with Crippen molar-refractivity contribution in [1.29, 1.82) is 0 Å². The first kappa shape index (κ1) is 12.7. The summed E-state index contributed by atoms with van der Waals surface area (Å²) in [4.78, 5) is 13.7. The zero-order valence-electron chi connectivity index (χ0n) is 10.1. The highest BCUT2D eigenvalue weighted by Gasteiger charge is 2.15. The summed E-state index contributed by atoms with van der Waals surface area (Å²) in [5.41, 5.74) is 0.